The van der Waals surface area contributed by atoms with Crippen LogP contribution in [0.25, 0.3) is 0 Å². The molecule has 1 amide bonds. The van der Waals surface area contributed by atoms with Gasteiger partial charge in [-0.3, -0.25) is 4.79 Å². The highest BCUT2D eigenvalue weighted by atomic mass is 32.2. The monoisotopic (exact) mass is 332 g/mol. The molecule has 0 bridgehead atoms. The minimum absolute atomic E-state index is 0.0123. The maximum atomic E-state index is 12.6. The number of rotatable bonds is 5. The molecule has 1 aromatic carbocycles. The lowest BCUT2D eigenvalue weighted by molar-refractivity contribution is 0.0926. The SMILES string of the molecule is Cc1noc(CSc2ccccc2C(=O)NC2CCNCC2)n1. The van der Waals surface area contributed by atoms with E-state index in [0.717, 1.165) is 30.8 Å². The van der Waals surface area contributed by atoms with E-state index in [1.807, 2.05) is 24.3 Å². The van der Waals surface area contributed by atoms with Gasteiger partial charge in [0.15, 0.2) is 5.82 Å². The molecule has 6 nitrogen and oxygen atoms in total. The Bertz CT molecular complexity index is 668. The first-order valence-corrected chi connectivity index (χ1v) is 8.73. The maximum absolute atomic E-state index is 12.6. The lowest BCUT2D eigenvalue weighted by Crippen LogP contribution is -2.42. The standard InChI is InChI=1S/C16H20N4O2S/c1-11-18-15(22-20-11)10-23-14-5-3-2-4-13(14)16(21)19-12-6-8-17-9-7-12/h2-5,12,17H,6-10H2,1H3,(H,19,21). The Morgan fingerprint density at radius 1 is 1.39 bits per heavy atom. The maximum Gasteiger partial charge on any atom is 0.252 e. The van der Waals surface area contributed by atoms with Crippen LogP contribution in [0.1, 0.15) is 34.9 Å². The minimum atomic E-state index is -0.0123. The quantitative estimate of drug-likeness (QED) is 0.817. The number of aryl methyl sites for hydroxylation is 1. The predicted octanol–water partition coefficient (Wildman–Crippen LogP) is 2.15. The second kappa shape index (κ2) is 7.61. The summed E-state index contributed by atoms with van der Waals surface area (Å²) < 4.78 is 5.12. The van der Waals surface area contributed by atoms with Gasteiger partial charge in [-0.15, -0.1) is 11.8 Å². The molecular weight excluding hydrogens is 312 g/mol. The molecule has 1 saturated heterocycles. The van der Waals surface area contributed by atoms with Crippen molar-refractivity contribution in [2.75, 3.05) is 13.1 Å². The van der Waals surface area contributed by atoms with E-state index in [4.69, 9.17) is 4.52 Å². The van der Waals surface area contributed by atoms with Crippen molar-refractivity contribution in [2.45, 2.75) is 36.5 Å². The molecule has 23 heavy (non-hydrogen) atoms. The highest BCUT2D eigenvalue weighted by molar-refractivity contribution is 7.98. The van der Waals surface area contributed by atoms with Crippen molar-refractivity contribution in [3.05, 3.63) is 41.5 Å². The van der Waals surface area contributed by atoms with Gasteiger partial charge in [-0.2, -0.15) is 4.98 Å². The lowest BCUT2D eigenvalue weighted by atomic mass is 10.1. The van der Waals surface area contributed by atoms with Crippen molar-refractivity contribution >= 4 is 17.7 Å². The number of carbonyl (C=O) groups excluding carboxylic acids is 1. The van der Waals surface area contributed by atoms with Crippen molar-refractivity contribution in [3.8, 4) is 0 Å². The van der Waals surface area contributed by atoms with Gasteiger partial charge in [0.2, 0.25) is 5.89 Å². The second-order valence-corrected chi connectivity index (χ2v) is 6.54. The van der Waals surface area contributed by atoms with Crippen molar-refractivity contribution in [1.29, 1.82) is 0 Å². The molecule has 0 atom stereocenters. The van der Waals surface area contributed by atoms with Gasteiger partial charge in [-0.25, -0.2) is 0 Å². The first kappa shape index (κ1) is 16.0. The number of carbonyl (C=O) groups is 1. The number of nitrogens with zero attached hydrogens (tertiary/aromatic N) is 2. The van der Waals surface area contributed by atoms with Gasteiger partial charge < -0.3 is 15.2 Å². The smallest absolute Gasteiger partial charge is 0.252 e. The van der Waals surface area contributed by atoms with Crippen LogP contribution in [-0.2, 0) is 5.75 Å². The Kier molecular flexibility index (Phi) is 5.30. The van der Waals surface area contributed by atoms with Crippen LogP contribution in [0.5, 0.6) is 0 Å². The summed E-state index contributed by atoms with van der Waals surface area (Å²) in [7, 11) is 0. The zero-order valence-corrected chi connectivity index (χ0v) is 13.9. The minimum Gasteiger partial charge on any atom is -0.349 e. The molecule has 0 saturated carbocycles. The van der Waals surface area contributed by atoms with Crippen LogP contribution in [0, 0.1) is 6.92 Å². The summed E-state index contributed by atoms with van der Waals surface area (Å²) >= 11 is 1.53. The molecule has 1 fully saturated rings. The lowest BCUT2D eigenvalue weighted by Gasteiger charge is -2.24. The summed E-state index contributed by atoms with van der Waals surface area (Å²) in [6.07, 6.45) is 1.95. The summed E-state index contributed by atoms with van der Waals surface area (Å²) in [5, 5.41) is 10.2. The first-order chi connectivity index (χ1) is 11.2. The third kappa shape index (κ3) is 4.33. The number of amides is 1. The number of benzene rings is 1. The molecule has 2 aromatic rings. The van der Waals surface area contributed by atoms with Gasteiger partial charge in [-0.05, 0) is 45.0 Å². The molecule has 0 aliphatic carbocycles. The molecule has 1 aromatic heterocycles. The van der Waals surface area contributed by atoms with Gasteiger partial charge in [0.05, 0.1) is 11.3 Å². The van der Waals surface area contributed by atoms with E-state index in [0.29, 0.717) is 23.0 Å². The summed E-state index contributed by atoms with van der Waals surface area (Å²) in [6, 6.07) is 7.88. The fourth-order valence-corrected chi connectivity index (χ4v) is 3.43. The zero-order valence-electron chi connectivity index (χ0n) is 13.0. The summed E-state index contributed by atoms with van der Waals surface area (Å²) in [5.41, 5.74) is 0.701. The van der Waals surface area contributed by atoms with E-state index in [2.05, 4.69) is 20.8 Å². The fourth-order valence-electron chi connectivity index (χ4n) is 2.55. The van der Waals surface area contributed by atoms with E-state index in [1.54, 1.807) is 6.92 Å². The summed E-state index contributed by atoms with van der Waals surface area (Å²) in [4.78, 5) is 17.7. The third-order valence-corrected chi connectivity index (χ3v) is 4.79. The van der Waals surface area contributed by atoms with E-state index in [9.17, 15) is 4.79 Å². The number of piperidine rings is 1. The van der Waals surface area contributed by atoms with Crippen LogP contribution >= 0.6 is 11.8 Å². The zero-order chi connectivity index (χ0) is 16.1. The molecule has 0 spiro atoms. The number of nitrogens with one attached hydrogen (secondary N) is 2. The third-order valence-electron chi connectivity index (χ3n) is 3.73. The largest absolute Gasteiger partial charge is 0.349 e. The van der Waals surface area contributed by atoms with Crippen LogP contribution in [0.15, 0.2) is 33.7 Å². The first-order valence-electron chi connectivity index (χ1n) is 7.75. The van der Waals surface area contributed by atoms with Crippen molar-refractivity contribution in [3.63, 3.8) is 0 Å². The van der Waals surface area contributed by atoms with E-state index in [-0.39, 0.29) is 11.9 Å². The number of hydrogen-bond donors (Lipinski definition) is 2. The Morgan fingerprint density at radius 3 is 2.91 bits per heavy atom. The van der Waals surface area contributed by atoms with Crippen LogP contribution in [-0.4, -0.2) is 35.2 Å². The van der Waals surface area contributed by atoms with Gasteiger partial charge in [-0.1, -0.05) is 17.3 Å². The molecule has 2 heterocycles. The van der Waals surface area contributed by atoms with Gasteiger partial charge in [0.25, 0.3) is 5.91 Å². The van der Waals surface area contributed by atoms with Gasteiger partial charge >= 0.3 is 0 Å². The van der Waals surface area contributed by atoms with Gasteiger partial charge in [0.1, 0.15) is 0 Å². The van der Waals surface area contributed by atoms with Crippen molar-refractivity contribution < 1.29 is 9.32 Å². The summed E-state index contributed by atoms with van der Waals surface area (Å²) in [6.45, 7) is 3.70. The van der Waals surface area contributed by atoms with Crippen molar-refractivity contribution in [2.24, 2.45) is 0 Å². The average Bonchev–Trinajstić information content (AvgIpc) is 2.99. The Balaban J connectivity index is 1.65. The number of hydrogen-bond acceptors (Lipinski definition) is 6. The number of aromatic nitrogens is 2. The normalized spacial score (nSPS) is 15.5. The Morgan fingerprint density at radius 2 is 2.17 bits per heavy atom. The van der Waals surface area contributed by atoms with Crippen LogP contribution in [0.2, 0.25) is 0 Å². The average molecular weight is 332 g/mol. The molecule has 3 rings (SSSR count). The highest BCUT2D eigenvalue weighted by Gasteiger charge is 2.18. The fraction of sp³-hybridized carbons (Fsp3) is 0.438. The Hall–Kier alpha value is -1.86. The van der Waals surface area contributed by atoms with E-state index < -0.39 is 0 Å². The molecule has 0 radical (unpaired) electrons. The van der Waals surface area contributed by atoms with Gasteiger partial charge in [0, 0.05) is 10.9 Å². The summed E-state index contributed by atoms with van der Waals surface area (Å²) in [5.74, 6) is 1.73. The Labute approximate surface area is 139 Å². The second-order valence-electron chi connectivity index (χ2n) is 5.52. The van der Waals surface area contributed by atoms with Crippen LogP contribution in [0.4, 0.5) is 0 Å². The van der Waals surface area contributed by atoms with E-state index in [1.165, 1.54) is 11.8 Å². The molecule has 1 aliphatic rings. The topological polar surface area (TPSA) is 80.0 Å². The molecule has 0 unspecified atom stereocenters. The molecule has 122 valence electrons. The van der Waals surface area contributed by atoms with Crippen molar-refractivity contribution in [1.82, 2.24) is 20.8 Å². The van der Waals surface area contributed by atoms with Crippen LogP contribution < -0.4 is 10.6 Å². The molecule has 2 N–H and O–H groups in total. The molecule has 1 aliphatic heterocycles. The predicted molar refractivity (Wildman–Crippen MR) is 88.4 cm³/mol. The highest BCUT2D eigenvalue weighted by Crippen LogP contribution is 2.26. The van der Waals surface area contributed by atoms with E-state index >= 15 is 0 Å². The molecular formula is C16H20N4O2S. The van der Waals surface area contributed by atoms with Crippen LogP contribution in [0.3, 0.4) is 0 Å². The molecule has 7 heteroatoms. The number of thioether (sulfide) groups is 1.